The van der Waals surface area contributed by atoms with Crippen LogP contribution in [0.4, 0.5) is 0 Å². The number of hydrogen-bond donors (Lipinski definition) is 0. The quantitative estimate of drug-likeness (QED) is 0.438. The van der Waals surface area contributed by atoms with Crippen molar-refractivity contribution >= 4 is 17.6 Å². The van der Waals surface area contributed by atoms with Gasteiger partial charge in [0.15, 0.2) is 10.9 Å². The highest BCUT2D eigenvalue weighted by molar-refractivity contribution is 6.30. The van der Waals surface area contributed by atoms with Crippen molar-refractivity contribution in [3.05, 3.63) is 23.5 Å². The first-order valence-corrected chi connectivity index (χ1v) is 5.50. The second-order valence-electron chi connectivity index (χ2n) is 3.07. The third-order valence-corrected chi connectivity index (χ3v) is 2.11. The van der Waals surface area contributed by atoms with Crippen LogP contribution in [0.2, 0.25) is 5.15 Å². The monoisotopic (exact) mass is 243 g/mol. The molecule has 16 heavy (non-hydrogen) atoms. The predicted octanol–water partition coefficient (Wildman–Crippen LogP) is 2.46. The molecule has 4 nitrogen and oxygen atoms in total. The summed E-state index contributed by atoms with van der Waals surface area (Å²) in [7, 11) is 0. The number of rotatable bonds is 6. The smallest absolute Gasteiger partial charge is 0.311 e. The largest absolute Gasteiger partial charge is 0.423 e. The van der Waals surface area contributed by atoms with Crippen molar-refractivity contribution in [2.45, 2.75) is 19.8 Å². The average molecular weight is 244 g/mol. The molecule has 1 aromatic rings. The minimum absolute atomic E-state index is 0.195. The average Bonchev–Trinajstić information content (AvgIpc) is 2.28. The Hall–Kier alpha value is -1.13. The van der Waals surface area contributed by atoms with Crippen molar-refractivity contribution in [3.63, 3.8) is 0 Å². The van der Waals surface area contributed by atoms with Crippen molar-refractivity contribution in [1.29, 1.82) is 0 Å². The van der Waals surface area contributed by atoms with Crippen LogP contribution < -0.4 is 4.74 Å². The molecule has 0 radical (unpaired) electrons. The molecule has 0 amide bonds. The standard InChI is InChI=1S/C11H14ClNO3/c1-2-15-8-4-6-10(14)16-9-5-3-7-13-11(9)12/h3,5,7H,2,4,6,8H2,1H3. The van der Waals surface area contributed by atoms with Crippen molar-refractivity contribution in [3.8, 4) is 5.75 Å². The van der Waals surface area contributed by atoms with E-state index in [-0.39, 0.29) is 11.1 Å². The van der Waals surface area contributed by atoms with E-state index in [0.29, 0.717) is 31.8 Å². The topological polar surface area (TPSA) is 48.4 Å². The van der Waals surface area contributed by atoms with Gasteiger partial charge in [-0.3, -0.25) is 4.79 Å². The van der Waals surface area contributed by atoms with E-state index in [9.17, 15) is 4.79 Å². The molecule has 0 N–H and O–H groups in total. The molecule has 0 fully saturated rings. The number of esters is 1. The Kier molecular flexibility index (Phi) is 5.82. The first-order chi connectivity index (χ1) is 7.74. The maximum absolute atomic E-state index is 11.4. The van der Waals surface area contributed by atoms with Crippen LogP contribution in [-0.4, -0.2) is 24.2 Å². The molecule has 0 saturated heterocycles. The van der Waals surface area contributed by atoms with Gasteiger partial charge in [0, 0.05) is 25.8 Å². The Labute approximate surface area is 99.5 Å². The van der Waals surface area contributed by atoms with Crippen LogP contribution in [0, 0.1) is 0 Å². The lowest BCUT2D eigenvalue weighted by atomic mass is 10.3. The Morgan fingerprint density at radius 3 is 3.06 bits per heavy atom. The molecule has 0 unspecified atom stereocenters. The van der Waals surface area contributed by atoms with Gasteiger partial charge in [-0.05, 0) is 25.5 Å². The lowest BCUT2D eigenvalue weighted by molar-refractivity contribution is -0.134. The van der Waals surface area contributed by atoms with Crippen LogP contribution in [-0.2, 0) is 9.53 Å². The fraction of sp³-hybridized carbons (Fsp3) is 0.455. The lowest BCUT2D eigenvalue weighted by Crippen LogP contribution is -2.09. The Balaban J connectivity index is 2.32. The molecule has 0 saturated carbocycles. The van der Waals surface area contributed by atoms with E-state index in [1.165, 1.54) is 6.20 Å². The molecule has 88 valence electrons. The van der Waals surface area contributed by atoms with Gasteiger partial charge in [0.05, 0.1) is 0 Å². The third kappa shape index (κ3) is 4.59. The zero-order valence-electron chi connectivity index (χ0n) is 9.11. The van der Waals surface area contributed by atoms with Crippen LogP contribution in [0.1, 0.15) is 19.8 Å². The second-order valence-corrected chi connectivity index (χ2v) is 3.42. The fourth-order valence-electron chi connectivity index (χ4n) is 1.08. The summed E-state index contributed by atoms with van der Waals surface area (Å²) in [6.45, 7) is 3.13. The normalized spacial score (nSPS) is 10.1. The molecule has 1 aromatic heterocycles. The summed E-state index contributed by atoms with van der Waals surface area (Å²) in [5, 5.41) is 0.195. The van der Waals surface area contributed by atoms with Gasteiger partial charge in [-0.1, -0.05) is 11.6 Å². The number of pyridine rings is 1. The molecule has 1 heterocycles. The number of hydrogen-bond acceptors (Lipinski definition) is 4. The number of nitrogens with zero attached hydrogens (tertiary/aromatic N) is 1. The molecule has 0 atom stereocenters. The van der Waals surface area contributed by atoms with Crippen LogP contribution >= 0.6 is 11.6 Å². The molecule has 0 aliphatic rings. The van der Waals surface area contributed by atoms with E-state index < -0.39 is 0 Å². The van der Waals surface area contributed by atoms with E-state index in [0.717, 1.165) is 0 Å². The van der Waals surface area contributed by atoms with Gasteiger partial charge < -0.3 is 9.47 Å². The van der Waals surface area contributed by atoms with E-state index in [1.54, 1.807) is 12.1 Å². The SMILES string of the molecule is CCOCCCC(=O)Oc1cccnc1Cl. The van der Waals surface area contributed by atoms with E-state index in [2.05, 4.69) is 4.98 Å². The molecule has 5 heteroatoms. The Morgan fingerprint density at radius 2 is 2.38 bits per heavy atom. The van der Waals surface area contributed by atoms with Crippen molar-refractivity contribution in [2.24, 2.45) is 0 Å². The van der Waals surface area contributed by atoms with E-state index in [1.807, 2.05) is 6.92 Å². The third-order valence-electron chi connectivity index (χ3n) is 1.82. The summed E-state index contributed by atoms with van der Waals surface area (Å²) in [5.74, 6) is -0.0276. The maximum atomic E-state index is 11.4. The van der Waals surface area contributed by atoms with Gasteiger partial charge in [0.25, 0.3) is 0 Å². The number of carbonyl (C=O) groups excluding carboxylic acids is 1. The zero-order valence-corrected chi connectivity index (χ0v) is 9.87. The first kappa shape index (κ1) is 12.9. The highest BCUT2D eigenvalue weighted by Crippen LogP contribution is 2.20. The molecule has 0 aliphatic carbocycles. The summed E-state index contributed by atoms with van der Waals surface area (Å²) in [5.41, 5.74) is 0. The van der Waals surface area contributed by atoms with Crippen molar-refractivity contribution in [1.82, 2.24) is 4.98 Å². The minimum Gasteiger partial charge on any atom is -0.423 e. The van der Waals surface area contributed by atoms with E-state index in [4.69, 9.17) is 21.1 Å². The van der Waals surface area contributed by atoms with Gasteiger partial charge in [0.1, 0.15) is 0 Å². The maximum Gasteiger partial charge on any atom is 0.311 e. The molecular formula is C11H14ClNO3. The summed E-state index contributed by atoms with van der Waals surface area (Å²) in [4.78, 5) is 15.2. The first-order valence-electron chi connectivity index (χ1n) is 5.13. The molecule has 0 bridgehead atoms. The summed E-state index contributed by atoms with van der Waals surface area (Å²) >= 11 is 5.74. The Bertz CT molecular complexity index is 344. The highest BCUT2D eigenvalue weighted by atomic mass is 35.5. The summed E-state index contributed by atoms with van der Waals surface area (Å²) < 4.78 is 10.1. The Morgan fingerprint density at radius 1 is 1.56 bits per heavy atom. The fourth-order valence-corrected chi connectivity index (χ4v) is 1.24. The van der Waals surface area contributed by atoms with Gasteiger partial charge in [-0.15, -0.1) is 0 Å². The van der Waals surface area contributed by atoms with Crippen molar-refractivity contribution in [2.75, 3.05) is 13.2 Å². The highest BCUT2D eigenvalue weighted by Gasteiger charge is 2.07. The summed E-state index contributed by atoms with van der Waals surface area (Å²) in [6.07, 6.45) is 2.49. The van der Waals surface area contributed by atoms with Gasteiger partial charge >= 0.3 is 5.97 Å². The number of aromatic nitrogens is 1. The predicted molar refractivity (Wildman–Crippen MR) is 60.6 cm³/mol. The molecular weight excluding hydrogens is 230 g/mol. The number of halogens is 1. The minimum atomic E-state index is -0.324. The second kappa shape index (κ2) is 7.19. The van der Waals surface area contributed by atoms with Crippen LogP contribution in [0.15, 0.2) is 18.3 Å². The van der Waals surface area contributed by atoms with Crippen LogP contribution in [0.5, 0.6) is 5.75 Å². The zero-order chi connectivity index (χ0) is 11.8. The molecule has 0 aliphatic heterocycles. The van der Waals surface area contributed by atoms with Gasteiger partial charge in [-0.25, -0.2) is 4.98 Å². The molecule has 1 rings (SSSR count). The summed E-state index contributed by atoms with van der Waals surface area (Å²) in [6, 6.07) is 3.27. The van der Waals surface area contributed by atoms with E-state index >= 15 is 0 Å². The number of ether oxygens (including phenoxy) is 2. The van der Waals surface area contributed by atoms with Crippen LogP contribution in [0.3, 0.4) is 0 Å². The molecule has 0 spiro atoms. The number of carbonyl (C=O) groups is 1. The van der Waals surface area contributed by atoms with Crippen LogP contribution in [0.25, 0.3) is 0 Å². The van der Waals surface area contributed by atoms with Gasteiger partial charge in [-0.2, -0.15) is 0 Å². The lowest BCUT2D eigenvalue weighted by Gasteiger charge is -2.05. The molecule has 0 aromatic carbocycles. The van der Waals surface area contributed by atoms with Crippen molar-refractivity contribution < 1.29 is 14.3 Å². The van der Waals surface area contributed by atoms with Gasteiger partial charge in [0.2, 0.25) is 0 Å².